The molecule has 6 aromatic rings. The quantitative estimate of drug-likeness (QED) is 0.0276. The first-order valence-corrected chi connectivity index (χ1v) is 32.6. The minimum atomic E-state index is -1.22. The van der Waals surface area contributed by atoms with E-state index in [1.165, 1.54) is 0 Å². The van der Waals surface area contributed by atoms with E-state index in [1.807, 2.05) is 210 Å². The van der Waals surface area contributed by atoms with Crippen LogP contribution in [0.4, 0.5) is 0 Å². The Balaban J connectivity index is 0.898. The number of hydrogen-bond acceptors (Lipinski definition) is 16. The lowest BCUT2D eigenvalue weighted by Gasteiger charge is -2.51. The Hall–Kier alpha value is -5.97. The first kappa shape index (κ1) is 67.4. The van der Waals surface area contributed by atoms with Crippen molar-refractivity contribution in [3.63, 3.8) is 0 Å². The molecule has 6 aromatic carbocycles. The summed E-state index contributed by atoms with van der Waals surface area (Å²) in [6, 6.07) is 58.8. The first-order valence-electron chi connectivity index (χ1n) is 32.6. The molecule has 1 aliphatic carbocycles. The summed E-state index contributed by atoms with van der Waals surface area (Å²) >= 11 is 0. The average molecular weight is 1260 g/mol. The van der Waals surface area contributed by atoms with Crippen LogP contribution in [0.25, 0.3) is 10.4 Å². The topological polar surface area (TPSA) is 198 Å². The Labute approximate surface area is 541 Å². The van der Waals surface area contributed by atoms with Crippen molar-refractivity contribution in [1.82, 2.24) is 0 Å². The number of aliphatic hydroxyl groups is 1. The summed E-state index contributed by atoms with van der Waals surface area (Å²) in [6.07, 6.45) is -12.2. The minimum absolute atomic E-state index is 0.00603. The van der Waals surface area contributed by atoms with Gasteiger partial charge < -0.3 is 71.4 Å². The number of fused-ring (bicyclic) bond motifs is 1. The van der Waals surface area contributed by atoms with Crippen molar-refractivity contribution >= 4 is 0 Å². The van der Waals surface area contributed by atoms with Crippen LogP contribution in [-0.2, 0) is 106 Å². The molecule has 11 rings (SSSR count). The smallest absolute Gasteiger partial charge is 0.184 e. The molecule has 4 saturated heterocycles. The molecule has 0 bridgehead atoms. The number of nitrogens with zero attached hydrogens (tertiary/aromatic N) is 3. The SMILES string of the molecule is C[C@@H]1C(COCc2ccccc2)O[C@H](OCC2O[C@H](O[C@@H]3C(COCc4ccccc4)O[C@H](OC4C(OCc5ccccc5)C(OCc5ccccc5)C(OCc5ccccc5)[C@@H]5OC(C)(C)O[C@@H]45)C(N=[N+]=[N-])[C@H]3C)C(OCc3ccccc3)[C@@H](C)[C@@H]2C)C(O)[C@H]1C. The van der Waals surface area contributed by atoms with E-state index < -0.39 is 104 Å². The molecule has 0 aromatic heterocycles. The molecule has 492 valence electrons. The van der Waals surface area contributed by atoms with Gasteiger partial charge in [-0.2, -0.15) is 0 Å². The Bertz CT molecular complexity index is 3180. The second-order valence-corrected chi connectivity index (χ2v) is 25.8. The number of ether oxygens (including phenoxy) is 14. The molecule has 0 amide bonds. The number of hydrogen-bond donors (Lipinski definition) is 1. The van der Waals surface area contributed by atoms with Crippen LogP contribution in [0, 0.1) is 29.6 Å². The average Bonchev–Trinajstić information content (AvgIpc) is 1.50. The largest absolute Gasteiger partial charge is 0.388 e. The van der Waals surface area contributed by atoms with Crippen molar-refractivity contribution in [2.75, 3.05) is 19.8 Å². The van der Waals surface area contributed by atoms with Crippen LogP contribution < -0.4 is 0 Å². The minimum Gasteiger partial charge on any atom is -0.388 e. The van der Waals surface area contributed by atoms with E-state index in [-0.39, 0.29) is 76.0 Å². The van der Waals surface area contributed by atoms with E-state index in [4.69, 9.17) is 66.3 Å². The van der Waals surface area contributed by atoms with E-state index in [0.29, 0.717) is 13.2 Å². The Morgan fingerprint density at radius 2 is 0.761 bits per heavy atom. The van der Waals surface area contributed by atoms with Crippen molar-refractivity contribution in [2.45, 2.75) is 192 Å². The summed E-state index contributed by atoms with van der Waals surface area (Å²) in [4.78, 5) is 3.45. The molecule has 18 nitrogen and oxygen atoms in total. The first-order chi connectivity index (χ1) is 44.8. The fourth-order valence-electron chi connectivity index (χ4n) is 13.3. The lowest BCUT2D eigenvalue weighted by atomic mass is 9.82. The number of azide groups is 1. The predicted molar refractivity (Wildman–Crippen MR) is 343 cm³/mol. The molecule has 21 atom stereocenters. The molecule has 5 aliphatic rings. The predicted octanol–water partition coefficient (Wildman–Crippen LogP) is 12.5. The van der Waals surface area contributed by atoms with Gasteiger partial charge in [0.15, 0.2) is 24.7 Å². The van der Waals surface area contributed by atoms with Crippen LogP contribution in [0.1, 0.15) is 81.8 Å². The number of rotatable bonds is 28. The second kappa shape index (κ2) is 32.4. The lowest BCUT2D eigenvalue weighted by Crippen LogP contribution is -2.67. The highest BCUT2D eigenvalue weighted by molar-refractivity contribution is 5.19. The Morgan fingerprint density at radius 3 is 1.24 bits per heavy atom. The molecule has 4 heterocycles. The molecule has 18 heteroatoms. The van der Waals surface area contributed by atoms with Gasteiger partial charge in [0.1, 0.15) is 54.9 Å². The fraction of sp³-hybridized carbons (Fsp3) is 0.514. The van der Waals surface area contributed by atoms with Gasteiger partial charge in [-0.1, -0.05) is 222 Å². The fourth-order valence-corrected chi connectivity index (χ4v) is 13.3. The summed E-state index contributed by atoms with van der Waals surface area (Å²) in [5.74, 6) is -2.14. The Morgan fingerprint density at radius 1 is 0.391 bits per heavy atom. The third-order valence-corrected chi connectivity index (χ3v) is 19.0. The summed E-state index contributed by atoms with van der Waals surface area (Å²) in [6.45, 7) is 16.1. The van der Waals surface area contributed by atoms with Gasteiger partial charge in [0.2, 0.25) is 0 Å². The summed E-state index contributed by atoms with van der Waals surface area (Å²) < 4.78 is 97.0. The maximum absolute atomic E-state index is 11.7. The maximum atomic E-state index is 11.7. The van der Waals surface area contributed by atoms with Crippen LogP contribution in [-0.4, -0.2) is 129 Å². The Kier molecular flexibility index (Phi) is 23.8. The van der Waals surface area contributed by atoms with Crippen LogP contribution in [0.15, 0.2) is 187 Å². The maximum Gasteiger partial charge on any atom is 0.184 e. The van der Waals surface area contributed by atoms with Gasteiger partial charge in [0.25, 0.3) is 0 Å². The monoisotopic (exact) mass is 1260 g/mol. The van der Waals surface area contributed by atoms with Crippen LogP contribution in [0.5, 0.6) is 0 Å². The number of benzene rings is 6. The molecule has 1 N–H and O–H groups in total. The molecule has 0 spiro atoms. The standard InChI is InChI=1S/C74H91N3O15/c1-47-49(3)62(78)72(86-58(47)44-79-38-52-26-14-8-15-27-52)85-46-59-48(2)50(4)64(81-40-54-30-18-10-19-31-54)73(87-59)89-63-51(5)61(76-77-75)71(88-60(63)45-80-39-53-28-16-9-17-29-53)90-68-66(83-42-56-34-22-12-23-35-56)65(82-41-55-32-20-11-21-33-55)67(69-70(68)92-74(6,7)91-69)84-43-57-36-24-13-25-37-57/h8-37,47-51,58-73,78H,38-46H2,1-7H3/t47-,48-,49-,50-,51+,58?,59?,60?,61?,62?,63-,64?,65?,66?,67?,68?,69-,70-,71+,72-,73+/m0/s1. The van der Waals surface area contributed by atoms with E-state index >= 15 is 0 Å². The van der Waals surface area contributed by atoms with E-state index in [1.54, 1.807) is 0 Å². The molecule has 0 radical (unpaired) electrons. The lowest BCUT2D eigenvalue weighted by molar-refractivity contribution is -0.354. The van der Waals surface area contributed by atoms with E-state index in [2.05, 4.69) is 30.8 Å². The molecule has 5 fully saturated rings. The van der Waals surface area contributed by atoms with Crippen molar-refractivity contribution < 1.29 is 71.4 Å². The van der Waals surface area contributed by atoms with Crippen LogP contribution >= 0.6 is 0 Å². The van der Waals surface area contributed by atoms with Crippen LogP contribution in [0.2, 0.25) is 0 Å². The van der Waals surface area contributed by atoms with Crippen molar-refractivity contribution in [2.24, 2.45) is 34.7 Å². The summed E-state index contributed by atoms with van der Waals surface area (Å²) in [5.41, 5.74) is 16.5. The third kappa shape index (κ3) is 17.1. The van der Waals surface area contributed by atoms with Gasteiger partial charge in [-0.3, -0.25) is 0 Å². The highest BCUT2D eigenvalue weighted by atomic mass is 16.8. The highest BCUT2D eigenvalue weighted by Crippen LogP contribution is 2.46. The molecular formula is C74H91N3O15. The van der Waals surface area contributed by atoms with Crippen molar-refractivity contribution in [3.05, 3.63) is 226 Å². The highest BCUT2D eigenvalue weighted by Gasteiger charge is 2.62. The zero-order chi connectivity index (χ0) is 64.0. The second-order valence-electron chi connectivity index (χ2n) is 25.8. The van der Waals surface area contributed by atoms with Gasteiger partial charge in [-0.25, -0.2) is 0 Å². The van der Waals surface area contributed by atoms with Gasteiger partial charge in [-0.15, -0.1) is 0 Å². The molecule has 10 unspecified atom stereocenters. The molecular weight excluding hydrogens is 1170 g/mol. The van der Waals surface area contributed by atoms with Gasteiger partial charge in [0, 0.05) is 4.91 Å². The van der Waals surface area contributed by atoms with Gasteiger partial charge in [-0.05, 0) is 82.3 Å². The molecule has 92 heavy (non-hydrogen) atoms. The third-order valence-electron chi connectivity index (χ3n) is 19.0. The van der Waals surface area contributed by atoms with Crippen molar-refractivity contribution in [1.29, 1.82) is 0 Å². The molecule has 1 saturated carbocycles. The zero-order valence-electron chi connectivity index (χ0n) is 53.8. The zero-order valence-corrected chi connectivity index (χ0v) is 53.8. The summed E-state index contributed by atoms with van der Waals surface area (Å²) in [7, 11) is 0. The van der Waals surface area contributed by atoms with E-state index in [9.17, 15) is 10.6 Å². The van der Waals surface area contributed by atoms with Crippen LogP contribution in [0.3, 0.4) is 0 Å². The van der Waals surface area contributed by atoms with Gasteiger partial charge >= 0.3 is 0 Å². The normalized spacial score (nSPS) is 33.5. The molecule has 4 aliphatic heterocycles. The number of aliphatic hydroxyl groups excluding tert-OH is 1. The van der Waals surface area contributed by atoms with Gasteiger partial charge in [0.05, 0.1) is 83.8 Å². The van der Waals surface area contributed by atoms with E-state index in [0.717, 1.165) is 33.4 Å². The summed E-state index contributed by atoms with van der Waals surface area (Å²) in [5, 5.41) is 16.2. The van der Waals surface area contributed by atoms with Crippen molar-refractivity contribution in [3.8, 4) is 0 Å².